The molecule has 8 heteroatoms. The fraction of sp³-hybridized carbons (Fsp3) is 0.500. The normalized spacial score (nSPS) is 17.8. The zero-order valence-electron chi connectivity index (χ0n) is 17.9. The first kappa shape index (κ1) is 22.0. The first-order valence-corrected chi connectivity index (χ1v) is 10.4. The van der Waals surface area contributed by atoms with Gasteiger partial charge >= 0.3 is 0 Å². The molecule has 2 aliphatic heterocycles. The Morgan fingerprint density at radius 2 is 1.73 bits per heavy atom. The number of hydrogen-bond acceptors (Lipinski definition) is 6. The molecule has 0 saturated carbocycles. The number of anilines is 1. The van der Waals surface area contributed by atoms with E-state index in [4.69, 9.17) is 4.74 Å². The molecule has 1 saturated heterocycles. The fourth-order valence-corrected chi connectivity index (χ4v) is 3.90. The van der Waals surface area contributed by atoms with E-state index in [2.05, 4.69) is 17.1 Å². The van der Waals surface area contributed by atoms with Crippen LogP contribution in [-0.4, -0.2) is 85.4 Å². The van der Waals surface area contributed by atoms with Crippen molar-refractivity contribution >= 4 is 29.0 Å². The quantitative estimate of drug-likeness (QED) is 0.512. The van der Waals surface area contributed by atoms with Gasteiger partial charge < -0.3 is 19.9 Å². The predicted octanol–water partition coefficient (Wildman–Crippen LogP) is 1.40. The van der Waals surface area contributed by atoms with Crippen LogP contribution >= 0.6 is 0 Å². The number of rotatable bonds is 8. The second-order valence-electron chi connectivity index (χ2n) is 7.51. The molecule has 0 bridgehead atoms. The summed E-state index contributed by atoms with van der Waals surface area (Å²) in [5.74, 6) is -0.661. The van der Waals surface area contributed by atoms with E-state index < -0.39 is 0 Å². The number of ether oxygens (including phenoxy) is 1. The highest BCUT2D eigenvalue weighted by Crippen LogP contribution is 2.33. The molecule has 0 aliphatic carbocycles. The molecule has 0 spiro atoms. The van der Waals surface area contributed by atoms with Gasteiger partial charge in [-0.1, -0.05) is 19.1 Å². The predicted molar refractivity (Wildman–Crippen MR) is 115 cm³/mol. The summed E-state index contributed by atoms with van der Waals surface area (Å²) in [7, 11) is 1.60. The van der Waals surface area contributed by atoms with Gasteiger partial charge in [-0.15, -0.1) is 0 Å². The second-order valence-corrected chi connectivity index (χ2v) is 7.51. The Balaban J connectivity index is 1.92. The van der Waals surface area contributed by atoms with Gasteiger partial charge in [-0.05, 0) is 30.7 Å². The topological polar surface area (TPSA) is 82.2 Å². The largest absolute Gasteiger partial charge is 0.385 e. The van der Waals surface area contributed by atoms with Crippen molar-refractivity contribution in [1.82, 2.24) is 14.7 Å². The molecule has 162 valence electrons. The van der Waals surface area contributed by atoms with Gasteiger partial charge in [0.05, 0.1) is 5.57 Å². The molecule has 1 N–H and O–H groups in total. The van der Waals surface area contributed by atoms with Crippen molar-refractivity contribution < 1.29 is 19.1 Å². The molecule has 8 nitrogen and oxygen atoms in total. The molecule has 3 amide bonds. The fourth-order valence-electron chi connectivity index (χ4n) is 3.90. The third-order valence-electron chi connectivity index (χ3n) is 5.50. The summed E-state index contributed by atoms with van der Waals surface area (Å²) in [6.07, 6.45) is 0.597. The Bertz CT molecular complexity index is 826. The lowest BCUT2D eigenvalue weighted by Crippen LogP contribution is -2.47. The summed E-state index contributed by atoms with van der Waals surface area (Å²) >= 11 is 0. The number of methoxy groups -OCH3 is 1. The van der Waals surface area contributed by atoms with E-state index >= 15 is 0 Å². The second kappa shape index (κ2) is 9.86. The van der Waals surface area contributed by atoms with Gasteiger partial charge in [0.1, 0.15) is 5.70 Å². The number of nitrogens with zero attached hydrogens (tertiary/aromatic N) is 3. The SMILES string of the molecule is CCN1CCN(C2=C(c3ccc(NC(C)=O)cc3)C(=O)N(CCCOC)C2=O)CC1. The zero-order chi connectivity index (χ0) is 21.7. The monoisotopic (exact) mass is 414 g/mol. The summed E-state index contributed by atoms with van der Waals surface area (Å²) in [6, 6.07) is 7.07. The summed E-state index contributed by atoms with van der Waals surface area (Å²) in [5, 5.41) is 2.72. The van der Waals surface area contributed by atoms with E-state index in [9.17, 15) is 14.4 Å². The Morgan fingerprint density at radius 1 is 1.07 bits per heavy atom. The number of piperazine rings is 1. The standard InChI is InChI=1S/C22H30N4O4/c1-4-24-11-13-25(14-12-24)20-19(17-6-8-18(9-7-17)23-16(2)27)21(28)26(22(20)29)10-5-15-30-3/h6-9H,4-5,10-15H2,1-3H3,(H,23,27). The maximum Gasteiger partial charge on any atom is 0.277 e. The van der Waals surface area contributed by atoms with Crippen molar-refractivity contribution in [3.05, 3.63) is 35.5 Å². The molecule has 2 aliphatic rings. The van der Waals surface area contributed by atoms with E-state index in [1.807, 2.05) is 4.90 Å². The van der Waals surface area contributed by atoms with Crippen LogP contribution in [-0.2, 0) is 19.1 Å². The summed E-state index contributed by atoms with van der Waals surface area (Å²) < 4.78 is 5.08. The van der Waals surface area contributed by atoms with Gasteiger partial charge in [0.15, 0.2) is 0 Å². The Kier molecular flexibility index (Phi) is 7.23. The van der Waals surface area contributed by atoms with E-state index in [0.29, 0.717) is 55.2 Å². The summed E-state index contributed by atoms with van der Waals surface area (Å²) in [5.41, 5.74) is 2.26. The molecule has 0 atom stereocenters. The van der Waals surface area contributed by atoms with Crippen molar-refractivity contribution in [1.29, 1.82) is 0 Å². The van der Waals surface area contributed by atoms with Gasteiger partial charge in [0.2, 0.25) is 5.91 Å². The number of carbonyl (C=O) groups excluding carboxylic acids is 3. The molecule has 1 fully saturated rings. The van der Waals surface area contributed by atoms with E-state index in [1.165, 1.54) is 11.8 Å². The lowest BCUT2D eigenvalue weighted by Gasteiger charge is -2.36. The average molecular weight is 415 g/mol. The van der Waals surface area contributed by atoms with E-state index in [1.54, 1.807) is 31.4 Å². The third kappa shape index (κ3) is 4.71. The molecule has 1 aromatic carbocycles. The Morgan fingerprint density at radius 3 is 2.30 bits per heavy atom. The van der Waals surface area contributed by atoms with Crippen molar-refractivity contribution in [2.75, 3.05) is 58.3 Å². The van der Waals surface area contributed by atoms with Crippen LogP contribution in [0.2, 0.25) is 0 Å². The van der Waals surface area contributed by atoms with Gasteiger partial charge in [-0.3, -0.25) is 19.3 Å². The van der Waals surface area contributed by atoms with Crippen LogP contribution < -0.4 is 5.32 Å². The van der Waals surface area contributed by atoms with Crippen molar-refractivity contribution in [3.8, 4) is 0 Å². The lowest BCUT2D eigenvalue weighted by molar-refractivity contribution is -0.137. The number of likely N-dealkylation sites (N-methyl/N-ethyl adjacent to an activating group) is 1. The van der Waals surface area contributed by atoms with Crippen molar-refractivity contribution in [2.45, 2.75) is 20.3 Å². The lowest BCUT2D eigenvalue weighted by atomic mass is 10.0. The zero-order valence-corrected chi connectivity index (χ0v) is 17.9. The van der Waals surface area contributed by atoms with Crippen LogP contribution in [0.25, 0.3) is 5.57 Å². The smallest absolute Gasteiger partial charge is 0.277 e. The van der Waals surface area contributed by atoms with Gasteiger partial charge in [0.25, 0.3) is 11.8 Å². The number of benzene rings is 1. The molecular weight excluding hydrogens is 384 g/mol. The number of hydrogen-bond donors (Lipinski definition) is 1. The first-order chi connectivity index (χ1) is 14.5. The Hall–Kier alpha value is -2.71. The molecule has 1 aromatic rings. The highest BCUT2D eigenvalue weighted by Gasteiger charge is 2.41. The average Bonchev–Trinajstić information content (AvgIpc) is 2.99. The number of imide groups is 1. The molecule has 2 heterocycles. The van der Waals surface area contributed by atoms with E-state index in [0.717, 1.165) is 19.6 Å². The number of nitrogens with one attached hydrogen (secondary N) is 1. The maximum atomic E-state index is 13.3. The molecule has 30 heavy (non-hydrogen) atoms. The minimum absolute atomic E-state index is 0.159. The first-order valence-electron chi connectivity index (χ1n) is 10.4. The van der Waals surface area contributed by atoms with Crippen molar-refractivity contribution in [3.63, 3.8) is 0 Å². The molecule has 3 rings (SSSR count). The summed E-state index contributed by atoms with van der Waals surface area (Å²) in [6.45, 7) is 8.50. The molecule has 0 radical (unpaired) electrons. The number of carbonyl (C=O) groups is 3. The molecular formula is C22H30N4O4. The highest BCUT2D eigenvalue weighted by atomic mass is 16.5. The van der Waals surface area contributed by atoms with Crippen LogP contribution in [0.15, 0.2) is 30.0 Å². The van der Waals surface area contributed by atoms with Crippen LogP contribution in [0.4, 0.5) is 5.69 Å². The van der Waals surface area contributed by atoms with Crippen LogP contribution in [0.3, 0.4) is 0 Å². The summed E-state index contributed by atoms with van der Waals surface area (Å²) in [4.78, 5) is 43.5. The Labute approximate surface area is 177 Å². The van der Waals surface area contributed by atoms with Gasteiger partial charge in [-0.2, -0.15) is 0 Å². The van der Waals surface area contributed by atoms with Gasteiger partial charge in [-0.25, -0.2) is 0 Å². The minimum Gasteiger partial charge on any atom is -0.385 e. The van der Waals surface area contributed by atoms with Crippen LogP contribution in [0, 0.1) is 0 Å². The van der Waals surface area contributed by atoms with E-state index in [-0.39, 0.29) is 17.7 Å². The third-order valence-corrected chi connectivity index (χ3v) is 5.50. The van der Waals surface area contributed by atoms with Crippen LogP contribution in [0.5, 0.6) is 0 Å². The minimum atomic E-state index is -0.267. The molecule has 0 aromatic heterocycles. The molecule has 0 unspecified atom stereocenters. The van der Waals surface area contributed by atoms with Gasteiger partial charge in [0, 0.05) is 59.1 Å². The highest BCUT2D eigenvalue weighted by molar-refractivity contribution is 6.35. The maximum absolute atomic E-state index is 13.3. The number of amides is 3. The van der Waals surface area contributed by atoms with Crippen LogP contribution in [0.1, 0.15) is 25.8 Å². The van der Waals surface area contributed by atoms with Crippen molar-refractivity contribution in [2.24, 2.45) is 0 Å².